The van der Waals surface area contributed by atoms with Gasteiger partial charge in [-0.3, -0.25) is 0 Å². The van der Waals surface area contributed by atoms with Gasteiger partial charge in [-0.15, -0.1) is 0 Å². The number of hydrogen-bond donors (Lipinski definition) is 0. The molecule has 10 aromatic carbocycles. The number of aryl methyl sites for hydroxylation is 8. The van der Waals surface area contributed by atoms with Crippen LogP contribution in [0.3, 0.4) is 0 Å². The Morgan fingerprint density at radius 1 is 0.189 bits per heavy atom. The maximum Gasteiger partial charge on any atom is 0.0560 e. The highest BCUT2D eigenvalue weighted by Crippen LogP contribution is 2.43. The Morgan fingerprint density at radius 3 is 0.533 bits per heavy atom. The third-order valence-corrected chi connectivity index (χ3v) is 17.7. The molecule has 6 heteroatoms. The highest BCUT2D eigenvalue weighted by atomic mass is 15.1. The molecule has 0 aliphatic rings. The minimum absolute atomic E-state index is 1.07. The molecular weight excluding hydrogens is 1090 g/mol. The van der Waals surface area contributed by atoms with Crippen LogP contribution >= 0.6 is 0 Å². The van der Waals surface area contributed by atoms with Gasteiger partial charge in [-0.05, 0) is 257 Å². The molecule has 0 radical (unpaired) electrons. The quantitative estimate of drug-likeness (QED) is 0.102. The summed E-state index contributed by atoms with van der Waals surface area (Å²) in [5, 5.41) is 0. The van der Waals surface area contributed by atoms with Crippen LogP contribution in [0.5, 0.6) is 0 Å². The van der Waals surface area contributed by atoms with Gasteiger partial charge >= 0.3 is 0 Å². The van der Waals surface area contributed by atoms with Crippen LogP contribution in [0, 0.1) is 55.4 Å². The van der Waals surface area contributed by atoms with Gasteiger partial charge in [0.25, 0.3) is 0 Å². The molecule has 4 aromatic heterocycles. The molecule has 6 nitrogen and oxygen atoms in total. The monoisotopic (exact) mass is 1160 g/mol. The molecule has 0 amide bonds. The maximum atomic E-state index is 2.38. The number of anilines is 6. The van der Waals surface area contributed by atoms with Gasteiger partial charge in [0.2, 0.25) is 0 Å². The second-order valence-corrected chi connectivity index (χ2v) is 23.9. The lowest BCUT2D eigenvalue weighted by Crippen LogP contribution is -2.10. The fourth-order valence-corrected chi connectivity index (χ4v) is 13.8. The van der Waals surface area contributed by atoms with Crippen LogP contribution in [0.4, 0.5) is 34.1 Å². The summed E-state index contributed by atoms with van der Waals surface area (Å²) in [5.74, 6) is 0. The molecule has 0 unspecified atom stereocenters. The van der Waals surface area contributed by atoms with Gasteiger partial charge in [0.15, 0.2) is 0 Å². The van der Waals surface area contributed by atoms with Crippen molar-refractivity contribution >= 4 is 34.1 Å². The normalized spacial score (nSPS) is 11.3. The van der Waals surface area contributed by atoms with Gasteiger partial charge in [0.1, 0.15) is 0 Å². The number of benzene rings is 10. The number of nitrogens with zero attached hydrogens (tertiary/aromatic N) is 6. The summed E-state index contributed by atoms with van der Waals surface area (Å²) in [5.41, 5.74) is 32.6. The fraction of sp³-hybridized carbons (Fsp3) is 0.0952. The highest BCUT2D eigenvalue weighted by molar-refractivity contribution is 5.85. The molecule has 90 heavy (non-hydrogen) atoms. The standard InChI is InChI=1S/C84H72N6/c1-57-53-61(5)85(71-21-13-9-14-22-71)81(57)67-33-45-77(46-34-67)89(78-47-35-68(36-48-78)82-58(2)54-62(6)86(82)72-23-15-10-16-24-72)75-41-29-65(30-42-75)66-31-43-76(44-32-66)90(79-49-37-69(38-50-79)83-59(3)55-63(7)87(83)73-25-17-11-18-26-73)80-51-39-70(40-52-80)84-60(4)56-64(8)88(84)74-27-19-12-20-28-74/h9-56H,1-8H3. The van der Waals surface area contributed by atoms with E-state index in [1.54, 1.807) is 0 Å². The van der Waals surface area contributed by atoms with E-state index in [9.17, 15) is 0 Å². The van der Waals surface area contributed by atoms with Crippen LogP contribution < -0.4 is 9.80 Å². The van der Waals surface area contributed by atoms with Crippen molar-refractivity contribution in [3.63, 3.8) is 0 Å². The van der Waals surface area contributed by atoms with Crippen molar-refractivity contribution in [3.8, 4) is 78.9 Å². The van der Waals surface area contributed by atoms with E-state index in [-0.39, 0.29) is 0 Å². The SMILES string of the molecule is Cc1cc(C)n(-c2ccccc2)c1-c1ccc(N(c2ccc(-c3ccc(N(c4ccc(-c5c(C)cc(C)n5-c5ccccc5)cc4)c4ccc(-c5c(C)cc(C)n5-c5ccccc5)cc4)cc3)cc2)c2ccc(-c3c(C)cc(C)n3-c3ccccc3)cc2)cc1. The van der Waals surface area contributed by atoms with Gasteiger partial charge in [0.05, 0.1) is 22.8 Å². The molecule has 0 aliphatic heterocycles. The Labute approximate surface area is 529 Å². The molecule has 438 valence electrons. The maximum absolute atomic E-state index is 2.38. The lowest BCUT2D eigenvalue weighted by Gasteiger charge is -2.27. The Morgan fingerprint density at radius 2 is 0.356 bits per heavy atom. The van der Waals surface area contributed by atoms with Gasteiger partial charge in [-0.1, -0.05) is 146 Å². The molecular formula is C84H72N6. The minimum Gasteiger partial charge on any atom is -0.314 e. The summed E-state index contributed by atoms with van der Waals surface area (Å²) < 4.78 is 9.48. The molecule has 0 saturated carbocycles. The minimum atomic E-state index is 1.07. The molecule has 0 aliphatic carbocycles. The van der Waals surface area contributed by atoms with Crippen molar-refractivity contribution in [2.75, 3.05) is 9.80 Å². The van der Waals surface area contributed by atoms with Crippen LogP contribution in [0.2, 0.25) is 0 Å². The molecule has 14 aromatic rings. The number of para-hydroxylation sites is 4. The first-order valence-electron chi connectivity index (χ1n) is 31.2. The molecule has 0 N–H and O–H groups in total. The van der Waals surface area contributed by atoms with Crippen molar-refractivity contribution in [2.24, 2.45) is 0 Å². The molecule has 14 rings (SSSR count). The van der Waals surface area contributed by atoms with Gasteiger partial charge in [-0.25, -0.2) is 0 Å². The molecule has 0 fully saturated rings. The van der Waals surface area contributed by atoms with E-state index in [1.807, 2.05) is 0 Å². The van der Waals surface area contributed by atoms with Gasteiger partial charge in [-0.2, -0.15) is 0 Å². The second-order valence-electron chi connectivity index (χ2n) is 23.9. The lowest BCUT2D eigenvalue weighted by atomic mass is 10.0. The first-order chi connectivity index (χ1) is 43.9. The Balaban J connectivity index is 0.816. The average Bonchev–Trinajstić information content (AvgIpc) is 1.69. The topological polar surface area (TPSA) is 26.2 Å². The molecule has 0 bridgehead atoms. The van der Waals surface area contributed by atoms with Crippen LogP contribution in [0.25, 0.3) is 78.9 Å². The Hall–Kier alpha value is -11.1. The largest absolute Gasteiger partial charge is 0.314 e. The van der Waals surface area contributed by atoms with Crippen LogP contribution in [-0.4, -0.2) is 18.3 Å². The van der Waals surface area contributed by atoms with Crippen molar-refractivity contribution < 1.29 is 0 Å². The summed E-state index contributed by atoms with van der Waals surface area (Å²) in [6.45, 7) is 17.6. The third-order valence-electron chi connectivity index (χ3n) is 17.7. The lowest BCUT2D eigenvalue weighted by molar-refractivity contribution is 1.02. The van der Waals surface area contributed by atoms with E-state index in [0.717, 1.165) is 68.0 Å². The van der Waals surface area contributed by atoms with Crippen LogP contribution in [-0.2, 0) is 0 Å². The van der Waals surface area contributed by atoms with Crippen molar-refractivity contribution in [2.45, 2.75) is 55.4 Å². The predicted molar refractivity (Wildman–Crippen MR) is 378 cm³/mol. The number of rotatable bonds is 15. The zero-order chi connectivity index (χ0) is 61.6. The summed E-state index contributed by atoms with van der Waals surface area (Å²) in [4.78, 5) is 4.75. The van der Waals surface area contributed by atoms with E-state index >= 15 is 0 Å². The first kappa shape index (κ1) is 56.7. The van der Waals surface area contributed by atoms with E-state index in [0.29, 0.717) is 0 Å². The summed E-state index contributed by atoms with van der Waals surface area (Å²) in [7, 11) is 0. The number of hydrogen-bond acceptors (Lipinski definition) is 2. The van der Waals surface area contributed by atoms with E-state index < -0.39 is 0 Å². The van der Waals surface area contributed by atoms with Crippen molar-refractivity contribution in [1.29, 1.82) is 0 Å². The molecule has 0 saturated heterocycles. The first-order valence-corrected chi connectivity index (χ1v) is 31.2. The van der Waals surface area contributed by atoms with Crippen molar-refractivity contribution in [3.05, 3.63) is 336 Å². The van der Waals surface area contributed by atoms with Crippen LogP contribution in [0.1, 0.15) is 45.0 Å². The highest BCUT2D eigenvalue weighted by Gasteiger charge is 2.22. The summed E-state index contributed by atoms with van der Waals surface area (Å²) >= 11 is 0. The number of aromatic nitrogens is 4. The second kappa shape index (κ2) is 23.9. The molecule has 0 atom stereocenters. The molecule has 4 heterocycles. The van der Waals surface area contributed by atoms with E-state index in [2.05, 4.69) is 375 Å². The van der Waals surface area contributed by atoms with Gasteiger partial charge < -0.3 is 28.1 Å². The van der Waals surface area contributed by atoms with Gasteiger partial charge in [0, 0.05) is 79.6 Å². The zero-order valence-electron chi connectivity index (χ0n) is 52.4. The Kier molecular flexibility index (Phi) is 15.1. The predicted octanol–water partition coefficient (Wildman–Crippen LogP) is 22.6. The van der Waals surface area contributed by atoms with Crippen molar-refractivity contribution in [1.82, 2.24) is 18.3 Å². The fourth-order valence-electron chi connectivity index (χ4n) is 13.8. The third kappa shape index (κ3) is 10.6. The smallest absolute Gasteiger partial charge is 0.0560 e. The van der Waals surface area contributed by atoms with Crippen LogP contribution in [0.15, 0.2) is 291 Å². The van der Waals surface area contributed by atoms with E-state index in [4.69, 9.17) is 0 Å². The van der Waals surface area contributed by atoms with E-state index in [1.165, 1.54) is 90.1 Å². The zero-order valence-corrected chi connectivity index (χ0v) is 52.4. The average molecular weight is 1170 g/mol. The molecule has 0 spiro atoms. The Bertz CT molecular complexity index is 4240. The summed E-state index contributed by atoms with van der Waals surface area (Å²) in [6.07, 6.45) is 0. The summed E-state index contributed by atoms with van der Waals surface area (Å²) in [6, 6.07) is 106.